The number of aliphatic hydroxyl groups excluding tert-OH is 1. The molecule has 2 nitrogen and oxygen atoms in total. The molecule has 0 aliphatic carbocycles. The van der Waals surface area contributed by atoms with E-state index in [1.54, 1.807) is 13.0 Å². The number of hydrogen-bond donors (Lipinski definition) is 2. The quantitative estimate of drug-likeness (QED) is 0.873. The Labute approximate surface area is 91.1 Å². The maximum Gasteiger partial charge on any atom is 0.124 e. The van der Waals surface area contributed by atoms with E-state index in [2.05, 4.69) is 15.9 Å². The van der Waals surface area contributed by atoms with Crippen LogP contribution in [-0.2, 0) is 6.42 Å². The second-order valence-electron chi connectivity index (χ2n) is 3.77. The van der Waals surface area contributed by atoms with Gasteiger partial charge >= 0.3 is 0 Å². The first-order valence-corrected chi connectivity index (χ1v) is 5.07. The van der Waals surface area contributed by atoms with E-state index in [0.29, 0.717) is 10.9 Å². The molecule has 0 spiro atoms. The minimum absolute atomic E-state index is 0.124. The van der Waals surface area contributed by atoms with Gasteiger partial charge in [-0.25, -0.2) is 4.39 Å². The molecule has 0 fully saturated rings. The number of nitrogens with two attached hydrogens (primary N) is 1. The molecule has 1 rings (SSSR count). The van der Waals surface area contributed by atoms with Gasteiger partial charge in [-0.05, 0) is 37.1 Å². The SMILES string of the molecule is CC(N)(CO)Cc1cc(F)cc(Br)c1. The molecule has 0 bridgehead atoms. The molecule has 0 aliphatic rings. The van der Waals surface area contributed by atoms with E-state index in [1.807, 2.05) is 0 Å². The van der Waals surface area contributed by atoms with Gasteiger partial charge in [0.25, 0.3) is 0 Å². The molecule has 14 heavy (non-hydrogen) atoms. The van der Waals surface area contributed by atoms with Gasteiger partial charge in [-0.15, -0.1) is 0 Å². The van der Waals surface area contributed by atoms with Gasteiger partial charge in [0.1, 0.15) is 5.82 Å². The molecule has 1 aromatic rings. The molecule has 1 aromatic carbocycles. The third-order valence-electron chi connectivity index (χ3n) is 1.89. The van der Waals surface area contributed by atoms with Crippen molar-refractivity contribution in [1.82, 2.24) is 0 Å². The van der Waals surface area contributed by atoms with Crippen LogP contribution in [0.5, 0.6) is 0 Å². The summed E-state index contributed by atoms with van der Waals surface area (Å²) in [4.78, 5) is 0. The van der Waals surface area contributed by atoms with Gasteiger partial charge in [0.2, 0.25) is 0 Å². The molecule has 0 saturated carbocycles. The highest BCUT2D eigenvalue weighted by Crippen LogP contribution is 2.18. The standard InChI is InChI=1S/C10H13BrFNO/c1-10(13,6-14)5-7-2-8(11)4-9(12)3-7/h2-4,14H,5-6,13H2,1H3. The molecular formula is C10H13BrFNO. The minimum Gasteiger partial charge on any atom is -0.394 e. The number of halogens is 2. The fourth-order valence-corrected chi connectivity index (χ4v) is 1.75. The van der Waals surface area contributed by atoms with E-state index in [-0.39, 0.29) is 12.4 Å². The third kappa shape index (κ3) is 3.36. The number of rotatable bonds is 3. The molecule has 0 radical (unpaired) electrons. The van der Waals surface area contributed by atoms with Gasteiger partial charge in [0.15, 0.2) is 0 Å². The van der Waals surface area contributed by atoms with Crippen LogP contribution in [0.4, 0.5) is 4.39 Å². The number of benzene rings is 1. The van der Waals surface area contributed by atoms with E-state index in [9.17, 15) is 4.39 Å². The van der Waals surface area contributed by atoms with Crippen molar-refractivity contribution in [3.8, 4) is 0 Å². The third-order valence-corrected chi connectivity index (χ3v) is 2.35. The van der Waals surface area contributed by atoms with Crippen molar-refractivity contribution < 1.29 is 9.50 Å². The van der Waals surface area contributed by atoms with Crippen LogP contribution in [0.3, 0.4) is 0 Å². The van der Waals surface area contributed by atoms with Gasteiger partial charge in [0.05, 0.1) is 6.61 Å². The molecular weight excluding hydrogens is 249 g/mol. The molecule has 0 aliphatic heterocycles. The Balaban J connectivity index is 2.87. The summed E-state index contributed by atoms with van der Waals surface area (Å²) in [6.07, 6.45) is 0.444. The Bertz CT molecular complexity index is 308. The Morgan fingerprint density at radius 3 is 2.64 bits per heavy atom. The highest BCUT2D eigenvalue weighted by atomic mass is 79.9. The molecule has 0 heterocycles. The maximum absolute atomic E-state index is 13.0. The lowest BCUT2D eigenvalue weighted by Gasteiger charge is -2.21. The van der Waals surface area contributed by atoms with Crippen LogP contribution in [0, 0.1) is 5.82 Å². The van der Waals surface area contributed by atoms with Gasteiger partial charge in [-0.2, -0.15) is 0 Å². The van der Waals surface area contributed by atoms with Crippen LogP contribution >= 0.6 is 15.9 Å². The lowest BCUT2D eigenvalue weighted by Crippen LogP contribution is -2.42. The summed E-state index contributed by atoms with van der Waals surface area (Å²) in [6, 6.07) is 4.60. The van der Waals surface area contributed by atoms with E-state index in [0.717, 1.165) is 5.56 Å². The average Bonchev–Trinajstić information content (AvgIpc) is 2.01. The van der Waals surface area contributed by atoms with Crippen molar-refractivity contribution in [1.29, 1.82) is 0 Å². The molecule has 0 saturated heterocycles. The van der Waals surface area contributed by atoms with Crippen molar-refractivity contribution in [2.45, 2.75) is 18.9 Å². The van der Waals surface area contributed by atoms with Crippen LogP contribution in [0.25, 0.3) is 0 Å². The summed E-state index contributed by atoms with van der Waals surface area (Å²) < 4.78 is 13.7. The Morgan fingerprint density at radius 1 is 1.50 bits per heavy atom. The van der Waals surface area contributed by atoms with E-state index >= 15 is 0 Å². The lowest BCUT2D eigenvalue weighted by atomic mass is 9.95. The fourth-order valence-electron chi connectivity index (χ4n) is 1.24. The van der Waals surface area contributed by atoms with Crippen LogP contribution in [0.2, 0.25) is 0 Å². The molecule has 78 valence electrons. The second-order valence-corrected chi connectivity index (χ2v) is 4.68. The molecule has 1 unspecified atom stereocenters. The van der Waals surface area contributed by atoms with Crippen molar-refractivity contribution in [3.63, 3.8) is 0 Å². The molecule has 4 heteroatoms. The molecule has 0 amide bonds. The molecule has 3 N–H and O–H groups in total. The zero-order valence-corrected chi connectivity index (χ0v) is 9.51. The average molecular weight is 262 g/mol. The monoisotopic (exact) mass is 261 g/mol. The Kier molecular flexibility index (Phi) is 3.64. The van der Waals surface area contributed by atoms with Crippen molar-refractivity contribution in [2.24, 2.45) is 5.73 Å². The second kappa shape index (κ2) is 4.38. The first-order chi connectivity index (χ1) is 6.43. The van der Waals surface area contributed by atoms with Crippen LogP contribution < -0.4 is 5.73 Å². The van der Waals surface area contributed by atoms with Crippen LogP contribution in [0.1, 0.15) is 12.5 Å². The first-order valence-electron chi connectivity index (χ1n) is 4.28. The summed E-state index contributed by atoms with van der Waals surface area (Å²) in [7, 11) is 0. The normalized spacial score (nSPS) is 15.2. The Morgan fingerprint density at radius 2 is 2.14 bits per heavy atom. The van der Waals surface area contributed by atoms with Gasteiger partial charge in [0, 0.05) is 10.0 Å². The Hall–Kier alpha value is -0.450. The van der Waals surface area contributed by atoms with Gasteiger partial charge in [-0.3, -0.25) is 0 Å². The number of aliphatic hydroxyl groups is 1. The summed E-state index contributed by atoms with van der Waals surface area (Å²) in [5.41, 5.74) is 5.83. The smallest absolute Gasteiger partial charge is 0.124 e. The topological polar surface area (TPSA) is 46.2 Å². The van der Waals surface area contributed by atoms with Crippen LogP contribution in [0.15, 0.2) is 22.7 Å². The van der Waals surface area contributed by atoms with Crippen molar-refractivity contribution in [2.75, 3.05) is 6.61 Å². The van der Waals surface area contributed by atoms with Gasteiger partial charge in [-0.1, -0.05) is 15.9 Å². The van der Waals surface area contributed by atoms with Crippen molar-refractivity contribution >= 4 is 15.9 Å². The van der Waals surface area contributed by atoms with E-state index in [4.69, 9.17) is 10.8 Å². The summed E-state index contributed by atoms with van der Waals surface area (Å²) >= 11 is 3.20. The largest absolute Gasteiger partial charge is 0.394 e. The predicted molar refractivity (Wildman–Crippen MR) is 57.5 cm³/mol. The zero-order valence-electron chi connectivity index (χ0n) is 7.93. The summed E-state index contributed by atoms with van der Waals surface area (Å²) in [5, 5.41) is 8.96. The number of hydrogen-bond acceptors (Lipinski definition) is 2. The van der Waals surface area contributed by atoms with E-state index < -0.39 is 5.54 Å². The first kappa shape index (κ1) is 11.6. The highest BCUT2D eigenvalue weighted by Gasteiger charge is 2.18. The maximum atomic E-state index is 13.0. The molecule has 0 aromatic heterocycles. The highest BCUT2D eigenvalue weighted by molar-refractivity contribution is 9.10. The fraction of sp³-hybridized carbons (Fsp3) is 0.400. The van der Waals surface area contributed by atoms with Crippen LogP contribution in [-0.4, -0.2) is 17.3 Å². The summed E-state index contributed by atoms with van der Waals surface area (Å²) in [6.45, 7) is 1.60. The van der Waals surface area contributed by atoms with Crippen molar-refractivity contribution in [3.05, 3.63) is 34.1 Å². The van der Waals surface area contributed by atoms with E-state index in [1.165, 1.54) is 12.1 Å². The minimum atomic E-state index is -0.701. The molecule has 1 atom stereocenters. The lowest BCUT2D eigenvalue weighted by molar-refractivity contribution is 0.208. The summed E-state index contributed by atoms with van der Waals surface area (Å²) in [5.74, 6) is -0.303. The zero-order chi connectivity index (χ0) is 10.8. The van der Waals surface area contributed by atoms with Gasteiger partial charge < -0.3 is 10.8 Å². The predicted octanol–water partition coefficient (Wildman–Crippen LogP) is 1.84.